The number of hydrogen-bond donors (Lipinski definition) is 4. The number of carbonyl (C=O) groups is 2. The number of carboxylic acids is 1. The summed E-state index contributed by atoms with van der Waals surface area (Å²) in [5.41, 5.74) is 0.252. The summed E-state index contributed by atoms with van der Waals surface area (Å²) in [5, 5.41) is 30.9. The molecule has 0 saturated heterocycles. The summed E-state index contributed by atoms with van der Waals surface area (Å²) in [5.74, 6) is -1.47. The van der Waals surface area contributed by atoms with Crippen molar-refractivity contribution >= 4 is 27.8 Å². The van der Waals surface area contributed by atoms with Gasteiger partial charge >= 0.3 is 5.97 Å². The van der Waals surface area contributed by atoms with Crippen LogP contribution in [0.5, 0.6) is 0 Å². The minimum absolute atomic E-state index is 0.0109. The average molecular weight is 332 g/mol. The fourth-order valence-corrected chi connectivity index (χ4v) is 1.89. The number of aliphatic hydroxyl groups is 2. The molecule has 7 heteroatoms. The number of rotatable bonds is 5. The molecule has 0 aliphatic carbocycles. The molecule has 104 valence electrons. The summed E-state index contributed by atoms with van der Waals surface area (Å²) in [6, 6.07) is 4.25. The number of carboxylic acid groups (broad SMARTS) is 1. The number of amides is 1. The zero-order valence-corrected chi connectivity index (χ0v) is 11.7. The lowest BCUT2D eigenvalue weighted by atomic mass is 10.0. The van der Waals surface area contributed by atoms with Crippen molar-refractivity contribution in [1.82, 2.24) is 5.32 Å². The van der Waals surface area contributed by atoms with Crippen molar-refractivity contribution in [2.75, 3.05) is 6.54 Å². The maximum Gasteiger partial charge on any atom is 0.336 e. The van der Waals surface area contributed by atoms with Crippen molar-refractivity contribution in [2.45, 2.75) is 19.1 Å². The highest BCUT2D eigenvalue weighted by molar-refractivity contribution is 9.10. The smallest absolute Gasteiger partial charge is 0.336 e. The molecule has 0 spiro atoms. The van der Waals surface area contributed by atoms with Crippen LogP contribution >= 0.6 is 15.9 Å². The molecule has 0 saturated carbocycles. The quantitative estimate of drug-likeness (QED) is 0.634. The molecular weight excluding hydrogens is 318 g/mol. The van der Waals surface area contributed by atoms with Gasteiger partial charge in [-0.2, -0.15) is 0 Å². The van der Waals surface area contributed by atoms with Crippen molar-refractivity contribution in [3.05, 3.63) is 33.8 Å². The Hall–Kier alpha value is -1.44. The highest BCUT2D eigenvalue weighted by atomic mass is 79.9. The molecule has 0 radical (unpaired) electrons. The molecule has 6 nitrogen and oxygen atoms in total. The lowest BCUT2D eigenvalue weighted by molar-refractivity contribution is -0.119. The molecule has 19 heavy (non-hydrogen) atoms. The second-order valence-corrected chi connectivity index (χ2v) is 4.85. The van der Waals surface area contributed by atoms with Gasteiger partial charge in [0.2, 0.25) is 5.91 Å². The Kier molecular flexibility index (Phi) is 5.46. The van der Waals surface area contributed by atoms with Gasteiger partial charge in [-0.25, -0.2) is 4.79 Å². The van der Waals surface area contributed by atoms with Crippen LogP contribution in [0.4, 0.5) is 0 Å². The molecule has 0 heterocycles. The van der Waals surface area contributed by atoms with E-state index in [1.807, 2.05) is 0 Å². The van der Waals surface area contributed by atoms with Gasteiger partial charge in [-0.05, 0) is 33.6 Å². The molecule has 4 N–H and O–H groups in total. The minimum atomic E-state index is -1.28. The van der Waals surface area contributed by atoms with Gasteiger partial charge in [0.25, 0.3) is 0 Å². The Morgan fingerprint density at radius 1 is 1.37 bits per heavy atom. The van der Waals surface area contributed by atoms with Crippen LogP contribution in [0.15, 0.2) is 22.7 Å². The predicted octanol–water partition coefficient (Wildman–Crippen LogP) is 0.678. The van der Waals surface area contributed by atoms with Gasteiger partial charge in [0.05, 0.1) is 5.56 Å². The predicted molar refractivity (Wildman–Crippen MR) is 70.8 cm³/mol. The molecule has 2 atom stereocenters. The first-order valence-corrected chi connectivity index (χ1v) is 6.25. The van der Waals surface area contributed by atoms with E-state index in [2.05, 4.69) is 21.2 Å². The van der Waals surface area contributed by atoms with E-state index in [1.54, 1.807) is 0 Å². The lowest BCUT2D eigenvalue weighted by Gasteiger charge is -2.19. The maximum absolute atomic E-state index is 11.0. The molecule has 1 rings (SSSR count). The standard InChI is InChI=1S/C12H14BrNO5/c1-6(15)14-5-10(16)11(17)7-2-3-9(13)8(4-7)12(18)19/h2-4,10-11,16-17H,5H2,1H3,(H,14,15)(H,18,19). The van der Waals surface area contributed by atoms with Gasteiger partial charge in [-0.1, -0.05) is 6.07 Å². The Balaban J connectivity index is 2.87. The Bertz CT molecular complexity index is 491. The zero-order valence-electron chi connectivity index (χ0n) is 10.1. The van der Waals surface area contributed by atoms with Crippen LogP contribution in [-0.2, 0) is 4.79 Å². The Labute approximate surface area is 118 Å². The molecule has 1 aromatic carbocycles. The largest absolute Gasteiger partial charge is 0.478 e. The highest BCUT2D eigenvalue weighted by Crippen LogP contribution is 2.23. The molecule has 2 unspecified atom stereocenters. The number of carbonyl (C=O) groups excluding carboxylic acids is 1. The molecule has 1 amide bonds. The molecular formula is C12H14BrNO5. The van der Waals surface area contributed by atoms with E-state index in [0.717, 1.165) is 0 Å². The maximum atomic E-state index is 11.0. The third-order valence-electron chi connectivity index (χ3n) is 2.49. The van der Waals surface area contributed by atoms with E-state index in [4.69, 9.17) is 5.11 Å². The summed E-state index contributed by atoms with van der Waals surface area (Å²) in [7, 11) is 0. The summed E-state index contributed by atoms with van der Waals surface area (Å²) in [6.45, 7) is 1.18. The summed E-state index contributed by atoms with van der Waals surface area (Å²) < 4.78 is 0.382. The monoisotopic (exact) mass is 331 g/mol. The first kappa shape index (κ1) is 15.6. The second kappa shape index (κ2) is 6.65. The van der Waals surface area contributed by atoms with E-state index < -0.39 is 18.2 Å². The molecule has 0 aliphatic heterocycles. The highest BCUT2D eigenvalue weighted by Gasteiger charge is 2.20. The van der Waals surface area contributed by atoms with E-state index >= 15 is 0 Å². The second-order valence-electron chi connectivity index (χ2n) is 3.99. The zero-order chi connectivity index (χ0) is 14.6. The average Bonchev–Trinajstić information content (AvgIpc) is 2.35. The summed E-state index contributed by atoms with van der Waals surface area (Å²) >= 11 is 3.09. The van der Waals surface area contributed by atoms with Crippen LogP contribution in [-0.4, -0.2) is 39.8 Å². The van der Waals surface area contributed by atoms with E-state index in [1.165, 1.54) is 25.1 Å². The van der Waals surface area contributed by atoms with Crippen LogP contribution in [0.2, 0.25) is 0 Å². The molecule has 1 aromatic rings. The van der Waals surface area contributed by atoms with Crippen LogP contribution in [0, 0.1) is 0 Å². The molecule has 0 bridgehead atoms. The first-order valence-electron chi connectivity index (χ1n) is 5.46. The molecule has 0 fully saturated rings. The Morgan fingerprint density at radius 3 is 2.53 bits per heavy atom. The van der Waals surface area contributed by atoms with Crippen LogP contribution in [0.1, 0.15) is 28.9 Å². The van der Waals surface area contributed by atoms with Crippen molar-refractivity contribution in [2.24, 2.45) is 0 Å². The number of aromatic carboxylic acids is 1. The van der Waals surface area contributed by atoms with Crippen LogP contribution in [0.3, 0.4) is 0 Å². The first-order chi connectivity index (χ1) is 8.82. The van der Waals surface area contributed by atoms with Gasteiger partial charge in [0, 0.05) is 17.9 Å². The third-order valence-corrected chi connectivity index (χ3v) is 3.18. The van der Waals surface area contributed by atoms with Crippen LogP contribution < -0.4 is 5.32 Å². The minimum Gasteiger partial charge on any atom is -0.478 e. The van der Waals surface area contributed by atoms with Crippen molar-refractivity contribution < 1.29 is 24.9 Å². The van der Waals surface area contributed by atoms with Gasteiger partial charge in [-0.3, -0.25) is 4.79 Å². The van der Waals surface area contributed by atoms with Crippen molar-refractivity contribution in [3.63, 3.8) is 0 Å². The number of hydrogen-bond acceptors (Lipinski definition) is 4. The van der Waals surface area contributed by atoms with Crippen molar-refractivity contribution in [1.29, 1.82) is 0 Å². The molecule has 0 aromatic heterocycles. The van der Waals surface area contributed by atoms with E-state index in [0.29, 0.717) is 4.47 Å². The number of aliphatic hydroxyl groups excluding tert-OH is 2. The summed E-state index contributed by atoms with van der Waals surface area (Å²) in [4.78, 5) is 21.7. The number of benzene rings is 1. The van der Waals surface area contributed by atoms with Gasteiger partial charge in [-0.15, -0.1) is 0 Å². The summed E-state index contributed by atoms with van der Waals surface area (Å²) in [6.07, 6.45) is -2.50. The van der Waals surface area contributed by atoms with E-state index in [-0.39, 0.29) is 23.6 Å². The number of nitrogens with one attached hydrogen (secondary N) is 1. The topological polar surface area (TPSA) is 107 Å². The van der Waals surface area contributed by atoms with E-state index in [9.17, 15) is 19.8 Å². The number of halogens is 1. The molecule has 0 aliphatic rings. The fourth-order valence-electron chi connectivity index (χ4n) is 1.47. The van der Waals surface area contributed by atoms with Gasteiger partial charge in [0.1, 0.15) is 12.2 Å². The van der Waals surface area contributed by atoms with Crippen molar-refractivity contribution in [3.8, 4) is 0 Å². The van der Waals surface area contributed by atoms with Gasteiger partial charge < -0.3 is 20.6 Å². The van der Waals surface area contributed by atoms with Gasteiger partial charge in [0.15, 0.2) is 0 Å². The normalized spacial score (nSPS) is 13.7. The third kappa shape index (κ3) is 4.30. The Morgan fingerprint density at radius 2 is 2.00 bits per heavy atom. The lowest BCUT2D eigenvalue weighted by Crippen LogP contribution is -2.34. The fraction of sp³-hybridized carbons (Fsp3) is 0.333. The van der Waals surface area contributed by atoms with Crippen LogP contribution in [0.25, 0.3) is 0 Å². The SMILES string of the molecule is CC(=O)NCC(O)C(O)c1ccc(Br)c(C(=O)O)c1.